The molecule has 2 unspecified atom stereocenters. The smallest absolute Gasteiger partial charge is 0.197 e. The van der Waals surface area contributed by atoms with Gasteiger partial charge in [0, 0.05) is 35.1 Å². The summed E-state index contributed by atoms with van der Waals surface area (Å²) in [4.78, 5) is 15.6. The van der Waals surface area contributed by atoms with E-state index in [2.05, 4.69) is 0 Å². The lowest BCUT2D eigenvalue weighted by Gasteiger charge is -2.34. The van der Waals surface area contributed by atoms with Crippen LogP contribution in [0.1, 0.15) is 17.9 Å². The van der Waals surface area contributed by atoms with Crippen LogP contribution in [0.15, 0.2) is 55.6 Å². The molecule has 1 saturated heterocycles. The Balaban J connectivity index is 1.82. The maximum Gasteiger partial charge on any atom is 0.197 e. The van der Waals surface area contributed by atoms with Crippen LogP contribution in [0.3, 0.4) is 0 Å². The van der Waals surface area contributed by atoms with Gasteiger partial charge in [0.2, 0.25) is 0 Å². The highest BCUT2D eigenvalue weighted by Gasteiger charge is 2.33. The number of benzene rings is 2. The minimum Gasteiger partial charge on any atom is -0.507 e. The quantitative estimate of drug-likeness (QED) is 0.581. The lowest BCUT2D eigenvalue weighted by Crippen LogP contribution is -2.40. The van der Waals surface area contributed by atoms with E-state index in [4.69, 9.17) is 9.15 Å². The third-order valence-corrected chi connectivity index (χ3v) is 6.32. The number of aliphatic hydroxyl groups is 1. The van der Waals surface area contributed by atoms with Crippen molar-refractivity contribution in [3.63, 3.8) is 0 Å². The number of methoxy groups -OCH3 is 1. The van der Waals surface area contributed by atoms with Crippen LogP contribution in [0.2, 0.25) is 0 Å². The first-order valence-electron chi connectivity index (χ1n) is 9.58. The predicted molar refractivity (Wildman–Crippen MR) is 114 cm³/mol. The van der Waals surface area contributed by atoms with E-state index in [0.29, 0.717) is 29.4 Å². The zero-order valence-electron chi connectivity index (χ0n) is 16.7. The Bertz CT molecular complexity index is 1130. The lowest BCUT2D eigenvalue weighted by molar-refractivity contribution is 0.0630. The van der Waals surface area contributed by atoms with Crippen LogP contribution in [0.5, 0.6) is 17.2 Å². The van der Waals surface area contributed by atoms with Crippen LogP contribution in [0.4, 0.5) is 0 Å². The van der Waals surface area contributed by atoms with E-state index in [1.165, 1.54) is 17.8 Å². The number of fused-ring (bicyclic) bond motifs is 1. The molecule has 3 N–H and O–H groups in total. The van der Waals surface area contributed by atoms with Crippen molar-refractivity contribution in [1.29, 1.82) is 0 Å². The monoisotopic (exact) mass is 429 g/mol. The molecule has 0 spiro atoms. The number of ether oxygens (including phenoxy) is 1. The van der Waals surface area contributed by atoms with Gasteiger partial charge in [0.1, 0.15) is 28.2 Å². The van der Waals surface area contributed by atoms with E-state index in [1.54, 1.807) is 19.2 Å². The highest BCUT2D eigenvalue weighted by Crippen LogP contribution is 2.43. The first-order chi connectivity index (χ1) is 14.4. The summed E-state index contributed by atoms with van der Waals surface area (Å²) in [5.41, 5.74) is 0.0655. The topological polar surface area (TPSA) is 103 Å². The second-order valence-corrected chi connectivity index (χ2v) is 8.54. The molecule has 0 saturated carbocycles. The van der Waals surface area contributed by atoms with Crippen LogP contribution in [0, 0.1) is 0 Å². The van der Waals surface area contributed by atoms with Gasteiger partial charge in [-0.3, -0.25) is 4.79 Å². The number of β-amino-alcohol motifs (C(OH)–C–C–N with tert-alkyl or cyclic N) is 1. The standard InChI is InChI=1S/C22H23NO6S/c1-23-8-7-14(18(27)11-23)20-15(24)9-16(25)21-17(26)10-19(29-22(20)21)30-13-5-3-12(28-2)4-6-13/h3-6,9-10,14,18,24-25,27H,7-8,11H2,1-2H3. The van der Waals surface area contributed by atoms with E-state index in [9.17, 15) is 20.1 Å². The van der Waals surface area contributed by atoms with Crippen LogP contribution in [-0.2, 0) is 0 Å². The second kappa shape index (κ2) is 8.22. The molecule has 1 aromatic heterocycles. The molecule has 7 nitrogen and oxygen atoms in total. The molecule has 1 aliphatic rings. The zero-order valence-corrected chi connectivity index (χ0v) is 17.5. The Morgan fingerprint density at radius 3 is 2.57 bits per heavy atom. The Hall–Kier alpha value is -2.68. The number of rotatable bonds is 4. The number of hydrogen-bond donors (Lipinski definition) is 3. The van der Waals surface area contributed by atoms with E-state index in [1.807, 2.05) is 24.1 Å². The molecule has 0 bridgehead atoms. The molecule has 8 heteroatoms. The van der Waals surface area contributed by atoms with Gasteiger partial charge in [-0.25, -0.2) is 0 Å². The third kappa shape index (κ3) is 3.86. The van der Waals surface area contributed by atoms with Crippen molar-refractivity contribution in [3.8, 4) is 17.2 Å². The highest BCUT2D eigenvalue weighted by atomic mass is 32.2. The molecular formula is C22H23NO6S. The van der Waals surface area contributed by atoms with Gasteiger partial charge < -0.3 is 29.4 Å². The molecule has 158 valence electrons. The second-order valence-electron chi connectivity index (χ2n) is 7.46. The number of aromatic hydroxyl groups is 2. The summed E-state index contributed by atoms with van der Waals surface area (Å²) in [5, 5.41) is 31.8. The van der Waals surface area contributed by atoms with Crippen molar-refractivity contribution in [2.75, 3.05) is 27.2 Å². The average Bonchev–Trinajstić information content (AvgIpc) is 2.69. The van der Waals surface area contributed by atoms with E-state index >= 15 is 0 Å². The highest BCUT2D eigenvalue weighted by molar-refractivity contribution is 7.99. The summed E-state index contributed by atoms with van der Waals surface area (Å²) in [6.07, 6.45) is -0.143. The molecule has 0 amide bonds. The average molecular weight is 429 g/mol. The van der Waals surface area contributed by atoms with Crippen molar-refractivity contribution in [2.45, 2.75) is 28.4 Å². The van der Waals surface area contributed by atoms with Crippen LogP contribution in [-0.4, -0.2) is 53.6 Å². The first-order valence-corrected chi connectivity index (χ1v) is 10.4. The van der Waals surface area contributed by atoms with Crippen molar-refractivity contribution < 1.29 is 24.5 Å². The Morgan fingerprint density at radius 1 is 1.17 bits per heavy atom. The Labute approximate surface area is 177 Å². The third-order valence-electron chi connectivity index (χ3n) is 5.41. The molecule has 2 aromatic carbocycles. The molecular weight excluding hydrogens is 406 g/mol. The summed E-state index contributed by atoms with van der Waals surface area (Å²) in [6, 6.07) is 9.77. The van der Waals surface area contributed by atoms with Gasteiger partial charge in [0.15, 0.2) is 10.5 Å². The molecule has 0 radical (unpaired) electrons. The maximum atomic E-state index is 12.8. The molecule has 1 aliphatic heterocycles. The van der Waals surface area contributed by atoms with E-state index in [-0.39, 0.29) is 22.5 Å². The molecule has 30 heavy (non-hydrogen) atoms. The number of aliphatic hydroxyl groups excluding tert-OH is 1. The number of nitrogens with zero attached hydrogens (tertiary/aromatic N) is 1. The zero-order chi connectivity index (χ0) is 21.4. The van der Waals surface area contributed by atoms with Gasteiger partial charge in [-0.05, 0) is 44.3 Å². The molecule has 1 fully saturated rings. The molecule has 3 aromatic rings. The number of likely N-dealkylation sites (N-methyl/N-ethyl adjacent to an activating group) is 1. The van der Waals surface area contributed by atoms with Crippen LogP contribution >= 0.6 is 11.8 Å². The van der Waals surface area contributed by atoms with Gasteiger partial charge in [-0.15, -0.1) is 0 Å². The summed E-state index contributed by atoms with van der Waals surface area (Å²) >= 11 is 1.25. The van der Waals surface area contributed by atoms with Crippen molar-refractivity contribution in [1.82, 2.24) is 4.90 Å². The fraction of sp³-hybridized carbons (Fsp3) is 0.318. The lowest BCUT2D eigenvalue weighted by atomic mass is 9.85. The summed E-state index contributed by atoms with van der Waals surface area (Å²) in [7, 11) is 3.50. The molecule has 4 rings (SSSR count). The van der Waals surface area contributed by atoms with Crippen molar-refractivity contribution >= 4 is 22.7 Å². The normalized spacial score (nSPS) is 19.8. The Kier molecular flexibility index (Phi) is 5.64. The largest absolute Gasteiger partial charge is 0.507 e. The van der Waals surface area contributed by atoms with Crippen molar-refractivity contribution in [3.05, 3.63) is 52.2 Å². The SMILES string of the molecule is COc1ccc(Sc2cc(=O)c3c(O)cc(O)c(C4CCN(C)CC4O)c3o2)cc1. The fourth-order valence-electron chi connectivity index (χ4n) is 3.90. The van der Waals surface area contributed by atoms with Gasteiger partial charge in [-0.1, -0.05) is 11.8 Å². The van der Waals surface area contributed by atoms with Crippen LogP contribution in [0.25, 0.3) is 11.0 Å². The van der Waals surface area contributed by atoms with E-state index in [0.717, 1.165) is 17.5 Å². The minimum atomic E-state index is -0.731. The number of phenols is 2. The Morgan fingerprint density at radius 2 is 1.90 bits per heavy atom. The van der Waals surface area contributed by atoms with E-state index < -0.39 is 17.5 Å². The minimum absolute atomic E-state index is 0.00742. The summed E-state index contributed by atoms with van der Waals surface area (Å²) < 4.78 is 11.2. The fourth-order valence-corrected chi connectivity index (χ4v) is 4.69. The van der Waals surface area contributed by atoms with Gasteiger partial charge >= 0.3 is 0 Å². The number of hydrogen-bond acceptors (Lipinski definition) is 8. The van der Waals surface area contributed by atoms with Gasteiger partial charge in [-0.2, -0.15) is 0 Å². The predicted octanol–water partition coefficient (Wildman–Crippen LogP) is 3.14. The van der Waals surface area contributed by atoms with Gasteiger partial charge in [0.05, 0.1) is 13.2 Å². The van der Waals surface area contributed by atoms with Crippen molar-refractivity contribution in [2.24, 2.45) is 0 Å². The molecule has 2 atom stereocenters. The first kappa shape index (κ1) is 20.6. The number of piperidine rings is 1. The number of phenolic OH excluding ortho intramolecular Hbond substituents is 2. The summed E-state index contributed by atoms with van der Waals surface area (Å²) in [5.74, 6) is -0.229. The van der Waals surface area contributed by atoms with Crippen LogP contribution < -0.4 is 10.2 Å². The molecule has 0 aliphatic carbocycles. The van der Waals surface area contributed by atoms with Gasteiger partial charge in [0.25, 0.3) is 0 Å². The maximum absolute atomic E-state index is 12.8. The summed E-state index contributed by atoms with van der Waals surface area (Å²) in [6.45, 7) is 1.17. The number of likely N-dealkylation sites (tertiary alicyclic amines) is 1. The molecule has 2 heterocycles.